The van der Waals surface area contributed by atoms with E-state index in [1.165, 1.54) is 0 Å². The Balaban J connectivity index is 2.31. The van der Waals surface area contributed by atoms with Crippen molar-refractivity contribution < 1.29 is 0 Å². The van der Waals surface area contributed by atoms with Gasteiger partial charge in [-0.25, -0.2) is 0 Å². The maximum atomic E-state index is 6.35. The third kappa shape index (κ3) is 2.56. The van der Waals surface area contributed by atoms with Crippen molar-refractivity contribution in [3.05, 3.63) is 88.3 Å². The topological polar surface area (TPSA) is 16.1 Å². The third-order valence-corrected chi connectivity index (χ3v) is 4.28. The Morgan fingerprint density at radius 1 is 1.09 bits per heavy atom. The summed E-state index contributed by atoms with van der Waals surface area (Å²) < 4.78 is 0. The number of nitrogens with zero attached hydrogens (tertiary/aromatic N) is 2. The molecule has 0 saturated heterocycles. The van der Waals surface area contributed by atoms with Gasteiger partial charge in [-0.3, -0.25) is 4.98 Å². The van der Waals surface area contributed by atoms with E-state index in [2.05, 4.69) is 11.6 Å². The van der Waals surface area contributed by atoms with E-state index in [4.69, 9.17) is 23.2 Å². The predicted molar refractivity (Wildman–Crippen MR) is 93.3 cm³/mol. The fourth-order valence-electron chi connectivity index (χ4n) is 2.49. The average molecular weight is 329 g/mol. The van der Waals surface area contributed by atoms with Gasteiger partial charge in [0.2, 0.25) is 0 Å². The van der Waals surface area contributed by atoms with E-state index in [0.717, 1.165) is 28.1 Å². The van der Waals surface area contributed by atoms with E-state index >= 15 is 0 Å². The summed E-state index contributed by atoms with van der Waals surface area (Å²) in [4.78, 5) is 6.02. The van der Waals surface area contributed by atoms with Crippen LogP contribution in [0.15, 0.2) is 72.2 Å². The van der Waals surface area contributed by atoms with Crippen LogP contribution in [0.5, 0.6) is 0 Å². The molecule has 0 saturated carbocycles. The number of hydrogen-bond acceptors (Lipinski definition) is 2. The second-order valence-electron chi connectivity index (χ2n) is 4.98. The summed E-state index contributed by atoms with van der Waals surface area (Å²) in [7, 11) is 1.94. The first kappa shape index (κ1) is 14.9. The molecule has 4 heteroatoms. The van der Waals surface area contributed by atoms with Gasteiger partial charge in [-0.15, -0.1) is 0 Å². The Morgan fingerprint density at radius 3 is 2.50 bits per heavy atom. The van der Waals surface area contributed by atoms with Gasteiger partial charge >= 0.3 is 0 Å². The van der Waals surface area contributed by atoms with Crippen LogP contribution >= 0.6 is 23.2 Å². The van der Waals surface area contributed by atoms with Gasteiger partial charge in [0.25, 0.3) is 0 Å². The molecule has 2 heterocycles. The van der Waals surface area contributed by atoms with Crippen LogP contribution in [0.1, 0.15) is 11.1 Å². The van der Waals surface area contributed by atoms with E-state index in [0.29, 0.717) is 10.1 Å². The summed E-state index contributed by atoms with van der Waals surface area (Å²) in [5.41, 5.74) is 4.69. The molecule has 0 radical (unpaired) electrons. The molecule has 2 aromatic rings. The first-order chi connectivity index (χ1) is 10.6. The minimum Gasteiger partial charge on any atom is -0.343 e. The highest BCUT2D eigenvalue weighted by Gasteiger charge is 2.24. The molecular formula is C18H14Cl2N2. The van der Waals surface area contributed by atoms with Crippen LogP contribution in [0, 0.1) is 0 Å². The lowest BCUT2D eigenvalue weighted by Gasteiger charge is -2.31. The first-order valence-corrected chi connectivity index (χ1v) is 7.55. The number of benzene rings is 1. The summed E-state index contributed by atoms with van der Waals surface area (Å²) in [5.74, 6) is 0. The number of rotatable bonds is 2. The van der Waals surface area contributed by atoms with Gasteiger partial charge in [-0.05, 0) is 17.7 Å². The van der Waals surface area contributed by atoms with Gasteiger partial charge < -0.3 is 4.90 Å². The monoisotopic (exact) mass is 328 g/mol. The van der Waals surface area contributed by atoms with Crippen molar-refractivity contribution in [2.24, 2.45) is 0 Å². The standard InChI is InChI=1S/C18H14Cl2N2/c1-12-16(19)10-15(13-6-4-3-5-7-13)18(22(12)2)14-8-9-21-11-17(14)20/h3-11H,1H2,2H3. The van der Waals surface area contributed by atoms with E-state index in [9.17, 15) is 0 Å². The normalized spacial score (nSPS) is 15.1. The van der Waals surface area contributed by atoms with Crippen molar-refractivity contribution in [1.29, 1.82) is 0 Å². The summed E-state index contributed by atoms with van der Waals surface area (Å²) in [5, 5.41) is 1.22. The van der Waals surface area contributed by atoms with Crippen molar-refractivity contribution in [1.82, 2.24) is 9.88 Å². The number of aromatic nitrogens is 1. The average Bonchev–Trinajstić information content (AvgIpc) is 2.54. The zero-order valence-electron chi connectivity index (χ0n) is 12.1. The Hall–Kier alpha value is -2.03. The molecule has 0 fully saturated rings. The lowest BCUT2D eigenvalue weighted by atomic mass is 9.95. The zero-order chi connectivity index (χ0) is 15.7. The van der Waals surface area contributed by atoms with Crippen LogP contribution in [-0.4, -0.2) is 16.9 Å². The van der Waals surface area contributed by atoms with Gasteiger partial charge in [0, 0.05) is 30.6 Å². The van der Waals surface area contributed by atoms with Gasteiger partial charge in [-0.2, -0.15) is 0 Å². The number of pyridine rings is 1. The van der Waals surface area contributed by atoms with E-state index in [-0.39, 0.29) is 0 Å². The van der Waals surface area contributed by atoms with Crippen molar-refractivity contribution >= 4 is 34.5 Å². The van der Waals surface area contributed by atoms with Crippen LogP contribution in [0.2, 0.25) is 5.02 Å². The Labute approximate surface area is 140 Å². The molecule has 0 aliphatic carbocycles. The van der Waals surface area contributed by atoms with Crippen molar-refractivity contribution in [3.63, 3.8) is 0 Å². The molecule has 0 amide bonds. The van der Waals surface area contributed by atoms with Gasteiger partial charge in [-0.1, -0.05) is 60.1 Å². The van der Waals surface area contributed by atoms with Crippen LogP contribution in [-0.2, 0) is 0 Å². The third-order valence-electron chi connectivity index (χ3n) is 3.65. The Morgan fingerprint density at radius 2 is 1.82 bits per heavy atom. The molecule has 1 aromatic carbocycles. The molecule has 1 aliphatic rings. The molecule has 0 atom stereocenters. The van der Waals surface area contributed by atoms with Crippen LogP contribution in [0.3, 0.4) is 0 Å². The smallest absolute Gasteiger partial charge is 0.0682 e. The van der Waals surface area contributed by atoms with E-state index in [1.807, 2.05) is 54.4 Å². The molecule has 0 unspecified atom stereocenters. The lowest BCUT2D eigenvalue weighted by Crippen LogP contribution is -2.20. The number of likely N-dealkylation sites (N-methyl/N-ethyl adjacent to an activating group) is 1. The van der Waals surface area contributed by atoms with Crippen LogP contribution in [0.4, 0.5) is 0 Å². The minimum atomic E-state index is 0.594. The molecule has 0 spiro atoms. The second-order valence-corrected chi connectivity index (χ2v) is 5.80. The molecule has 110 valence electrons. The molecule has 0 bridgehead atoms. The number of hydrogen-bond donors (Lipinski definition) is 0. The molecule has 1 aromatic heterocycles. The molecule has 1 aliphatic heterocycles. The fraction of sp³-hybridized carbons (Fsp3) is 0.0556. The summed E-state index contributed by atoms with van der Waals surface area (Å²) in [6, 6.07) is 12.0. The number of halogens is 2. The highest BCUT2D eigenvalue weighted by atomic mass is 35.5. The van der Waals surface area contributed by atoms with Gasteiger partial charge in [0.15, 0.2) is 0 Å². The predicted octanol–water partition coefficient (Wildman–Crippen LogP) is 5.19. The molecular weight excluding hydrogens is 315 g/mol. The maximum Gasteiger partial charge on any atom is 0.0682 e. The van der Waals surface area contributed by atoms with Gasteiger partial charge in [0.05, 0.1) is 21.4 Å². The Kier molecular flexibility index (Phi) is 4.06. The van der Waals surface area contributed by atoms with Crippen molar-refractivity contribution in [2.45, 2.75) is 0 Å². The zero-order valence-corrected chi connectivity index (χ0v) is 13.6. The fourth-order valence-corrected chi connectivity index (χ4v) is 2.93. The van der Waals surface area contributed by atoms with Crippen LogP contribution in [0.25, 0.3) is 11.3 Å². The molecule has 22 heavy (non-hydrogen) atoms. The van der Waals surface area contributed by atoms with Crippen molar-refractivity contribution in [2.75, 3.05) is 7.05 Å². The first-order valence-electron chi connectivity index (χ1n) is 6.79. The highest BCUT2D eigenvalue weighted by molar-refractivity contribution is 6.34. The molecule has 0 N–H and O–H groups in total. The maximum absolute atomic E-state index is 6.35. The largest absolute Gasteiger partial charge is 0.343 e. The van der Waals surface area contributed by atoms with Crippen LogP contribution < -0.4 is 0 Å². The summed E-state index contributed by atoms with van der Waals surface area (Å²) >= 11 is 12.7. The second kappa shape index (κ2) is 5.99. The van der Waals surface area contributed by atoms with Gasteiger partial charge in [0.1, 0.15) is 0 Å². The van der Waals surface area contributed by atoms with E-state index < -0.39 is 0 Å². The Bertz CT molecular complexity index is 792. The SMILES string of the molecule is C=C1C(Cl)=CC(c2ccccc2)=C(c2ccncc2Cl)N1C. The molecule has 2 nitrogen and oxygen atoms in total. The molecule has 3 rings (SSSR count). The minimum absolute atomic E-state index is 0.594. The van der Waals surface area contributed by atoms with E-state index in [1.54, 1.807) is 12.4 Å². The van der Waals surface area contributed by atoms with Crippen molar-refractivity contribution in [3.8, 4) is 0 Å². The number of allylic oxidation sites excluding steroid dienone is 3. The highest BCUT2D eigenvalue weighted by Crippen LogP contribution is 2.40. The quantitative estimate of drug-likeness (QED) is 0.754. The lowest BCUT2D eigenvalue weighted by molar-refractivity contribution is 0.614. The summed E-state index contributed by atoms with van der Waals surface area (Å²) in [6.45, 7) is 4.04. The summed E-state index contributed by atoms with van der Waals surface area (Å²) in [6.07, 6.45) is 5.31.